The molecule has 1 aliphatic carbocycles. The van der Waals surface area contributed by atoms with Gasteiger partial charge in [0, 0.05) is 5.38 Å². The van der Waals surface area contributed by atoms with Gasteiger partial charge in [0.1, 0.15) is 5.75 Å². The van der Waals surface area contributed by atoms with Crippen LogP contribution < -0.4 is 10.1 Å². The average Bonchev–Trinajstić information content (AvgIpc) is 3.28. The third-order valence-electron chi connectivity index (χ3n) is 4.13. The number of esters is 1. The van der Waals surface area contributed by atoms with E-state index in [1.54, 1.807) is 18.4 Å². The van der Waals surface area contributed by atoms with E-state index in [1.807, 2.05) is 18.2 Å². The standard InChI is InChI=1S/C19H22N2O4S/c1-2-24-17(22)11-13-12-26-19(20-13)21-18(23)15-9-5-6-10-16(15)25-14-7-3-4-8-14/h5-6,9-10,12,14H,2-4,7-8,11H2,1H3,(H,20,21,23). The van der Waals surface area contributed by atoms with Crippen LogP contribution in [0.1, 0.15) is 48.7 Å². The molecular formula is C19H22N2O4S. The minimum atomic E-state index is -0.328. The third-order valence-corrected chi connectivity index (χ3v) is 4.94. The lowest BCUT2D eigenvalue weighted by Gasteiger charge is -2.15. The fourth-order valence-corrected chi connectivity index (χ4v) is 3.62. The van der Waals surface area contributed by atoms with Crippen molar-refractivity contribution in [1.29, 1.82) is 0 Å². The molecule has 1 aromatic carbocycles. The Hall–Kier alpha value is -2.41. The fourth-order valence-electron chi connectivity index (χ4n) is 2.91. The third kappa shape index (κ3) is 4.82. The van der Waals surface area contributed by atoms with Crippen molar-refractivity contribution >= 4 is 28.3 Å². The van der Waals surface area contributed by atoms with Crippen LogP contribution >= 0.6 is 11.3 Å². The number of nitrogens with zero attached hydrogens (tertiary/aromatic N) is 1. The van der Waals surface area contributed by atoms with Crippen LogP contribution in [-0.4, -0.2) is 29.6 Å². The number of thiazole rings is 1. The zero-order valence-corrected chi connectivity index (χ0v) is 15.5. The monoisotopic (exact) mass is 374 g/mol. The quantitative estimate of drug-likeness (QED) is 0.746. The van der Waals surface area contributed by atoms with E-state index >= 15 is 0 Å². The molecule has 7 heteroatoms. The molecule has 0 unspecified atom stereocenters. The van der Waals surface area contributed by atoms with Crippen molar-refractivity contribution in [2.24, 2.45) is 0 Å². The molecule has 1 aliphatic rings. The Kier molecular flexibility index (Phi) is 6.22. The fraction of sp³-hybridized carbons (Fsp3) is 0.421. The summed E-state index contributed by atoms with van der Waals surface area (Å²) in [6, 6.07) is 7.24. The van der Waals surface area contributed by atoms with Crippen LogP contribution in [0, 0.1) is 0 Å². The first kappa shape index (κ1) is 18.4. The topological polar surface area (TPSA) is 77.5 Å². The molecule has 6 nitrogen and oxygen atoms in total. The molecule has 0 atom stereocenters. The minimum absolute atomic E-state index is 0.0988. The second-order valence-electron chi connectivity index (χ2n) is 6.10. The highest BCUT2D eigenvalue weighted by molar-refractivity contribution is 7.14. The van der Waals surface area contributed by atoms with Gasteiger partial charge in [0.2, 0.25) is 0 Å². The molecule has 0 spiro atoms. The van der Waals surface area contributed by atoms with Crippen LogP contribution in [0.5, 0.6) is 5.75 Å². The van der Waals surface area contributed by atoms with Crippen molar-refractivity contribution < 1.29 is 19.1 Å². The Morgan fingerprint density at radius 1 is 1.27 bits per heavy atom. The second-order valence-corrected chi connectivity index (χ2v) is 6.96. The number of para-hydroxylation sites is 1. The zero-order valence-electron chi connectivity index (χ0n) is 14.7. The first-order chi connectivity index (χ1) is 12.7. The van der Waals surface area contributed by atoms with E-state index in [2.05, 4.69) is 10.3 Å². The Bertz CT molecular complexity index is 768. The summed E-state index contributed by atoms with van der Waals surface area (Å²) in [6.07, 6.45) is 4.67. The summed E-state index contributed by atoms with van der Waals surface area (Å²) < 4.78 is 10.9. The maximum absolute atomic E-state index is 12.6. The van der Waals surface area contributed by atoms with Gasteiger partial charge in [-0.1, -0.05) is 12.1 Å². The maximum atomic E-state index is 12.6. The number of hydrogen-bond acceptors (Lipinski definition) is 6. The molecular weight excluding hydrogens is 352 g/mol. The molecule has 1 N–H and O–H groups in total. The molecule has 1 aromatic heterocycles. The Balaban J connectivity index is 1.65. The number of carbonyl (C=O) groups is 2. The number of rotatable bonds is 7. The second kappa shape index (κ2) is 8.80. The van der Waals surface area contributed by atoms with Gasteiger partial charge in [0.15, 0.2) is 5.13 Å². The van der Waals surface area contributed by atoms with Crippen molar-refractivity contribution in [2.75, 3.05) is 11.9 Å². The summed E-state index contributed by atoms with van der Waals surface area (Å²) in [4.78, 5) is 28.4. The van der Waals surface area contributed by atoms with Crippen LogP contribution in [0.15, 0.2) is 29.6 Å². The molecule has 1 saturated carbocycles. The van der Waals surface area contributed by atoms with Gasteiger partial charge in [-0.25, -0.2) is 4.98 Å². The predicted molar refractivity (Wildman–Crippen MR) is 99.7 cm³/mol. The first-order valence-electron chi connectivity index (χ1n) is 8.82. The molecule has 0 saturated heterocycles. The summed E-state index contributed by atoms with van der Waals surface area (Å²) >= 11 is 1.28. The van der Waals surface area contributed by atoms with Crippen molar-refractivity contribution in [2.45, 2.75) is 45.1 Å². The Morgan fingerprint density at radius 2 is 2.04 bits per heavy atom. The number of aromatic nitrogens is 1. The number of anilines is 1. The minimum Gasteiger partial charge on any atom is -0.490 e. The highest BCUT2D eigenvalue weighted by atomic mass is 32.1. The van der Waals surface area contributed by atoms with Gasteiger partial charge in [0.05, 0.1) is 30.4 Å². The van der Waals surface area contributed by atoms with E-state index in [4.69, 9.17) is 9.47 Å². The number of hydrogen-bond donors (Lipinski definition) is 1. The van der Waals surface area contributed by atoms with Crippen LogP contribution in [0.3, 0.4) is 0 Å². The van der Waals surface area contributed by atoms with E-state index in [1.165, 1.54) is 24.2 Å². The van der Waals surface area contributed by atoms with Gasteiger partial charge >= 0.3 is 5.97 Å². The van der Waals surface area contributed by atoms with E-state index in [0.29, 0.717) is 28.7 Å². The van der Waals surface area contributed by atoms with Gasteiger partial charge in [0.25, 0.3) is 5.91 Å². The van der Waals surface area contributed by atoms with E-state index in [9.17, 15) is 9.59 Å². The highest BCUT2D eigenvalue weighted by Crippen LogP contribution is 2.27. The molecule has 2 aromatic rings. The van der Waals surface area contributed by atoms with Crippen molar-refractivity contribution in [3.8, 4) is 5.75 Å². The normalized spacial score (nSPS) is 14.2. The molecule has 138 valence electrons. The van der Waals surface area contributed by atoms with Crippen LogP contribution in [0.4, 0.5) is 5.13 Å². The molecule has 3 rings (SSSR count). The number of benzene rings is 1. The lowest BCUT2D eigenvalue weighted by molar-refractivity contribution is -0.142. The molecule has 0 bridgehead atoms. The Morgan fingerprint density at radius 3 is 2.81 bits per heavy atom. The van der Waals surface area contributed by atoms with Crippen molar-refractivity contribution in [3.05, 3.63) is 40.9 Å². The van der Waals surface area contributed by atoms with Crippen LogP contribution in [0.2, 0.25) is 0 Å². The largest absolute Gasteiger partial charge is 0.490 e. The van der Waals surface area contributed by atoms with Gasteiger partial charge in [-0.2, -0.15) is 0 Å². The summed E-state index contributed by atoms with van der Waals surface area (Å²) in [5, 5.41) is 4.98. The van der Waals surface area contributed by atoms with Crippen LogP contribution in [-0.2, 0) is 16.0 Å². The zero-order chi connectivity index (χ0) is 18.4. The lowest BCUT2D eigenvalue weighted by atomic mass is 10.2. The van der Waals surface area contributed by atoms with Gasteiger partial charge in [-0.05, 0) is 44.7 Å². The first-order valence-corrected chi connectivity index (χ1v) is 9.70. The molecule has 0 radical (unpaired) electrons. The number of ether oxygens (including phenoxy) is 2. The molecule has 0 aliphatic heterocycles. The molecule has 1 amide bonds. The van der Waals surface area contributed by atoms with E-state index in [-0.39, 0.29) is 24.4 Å². The van der Waals surface area contributed by atoms with Gasteiger partial charge in [-0.15, -0.1) is 11.3 Å². The molecule has 1 heterocycles. The van der Waals surface area contributed by atoms with Gasteiger partial charge in [-0.3, -0.25) is 14.9 Å². The summed E-state index contributed by atoms with van der Waals surface area (Å²) in [7, 11) is 0. The lowest BCUT2D eigenvalue weighted by Crippen LogP contribution is -2.17. The van der Waals surface area contributed by atoms with Crippen molar-refractivity contribution in [1.82, 2.24) is 4.98 Å². The summed E-state index contributed by atoms with van der Waals surface area (Å²) in [5.74, 6) is 0.00169. The average molecular weight is 374 g/mol. The van der Waals surface area contributed by atoms with Gasteiger partial charge < -0.3 is 9.47 Å². The molecule has 1 fully saturated rings. The van der Waals surface area contributed by atoms with Crippen LogP contribution in [0.25, 0.3) is 0 Å². The summed E-state index contributed by atoms with van der Waals surface area (Å²) in [6.45, 7) is 2.10. The number of carbonyl (C=O) groups excluding carboxylic acids is 2. The van der Waals surface area contributed by atoms with E-state index < -0.39 is 0 Å². The predicted octanol–water partition coefficient (Wildman–Crippen LogP) is 3.82. The smallest absolute Gasteiger partial charge is 0.311 e. The molecule has 26 heavy (non-hydrogen) atoms. The summed E-state index contributed by atoms with van der Waals surface area (Å²) in [5.41, 5.74) is 1.07. The highest BCUT2D eigenvalue weighted by Gasteiger charge is 2.20. The SMILES string of the molecule is CCOC(=O)Cc1csc(NC(=O)c2ccccc2OC2CCCC2)n1. The van der Waals surface area contributed by atoms with Crippen molar-refractivity contribution in [3.63, 3.8) is 0 Å². The maximum Gasteiger partial charge on any atom is 0.311 e. The number of nitrogens with one attached hydrogen (secondary N) is 1. The number of amides is 1. The van der Waals surface area contributed by atoms with E-state index in [0.717, 1.165) is 12.8 Å². The Labute approximate surface area is 156 Å².